The van der Waals surface area contributed by atoms with Gasteiger partial charge in [0, 0.05) is 26.6 Å². The summed E-state index contributed by atoms with van der Waals surface area (Å²) in [6.07, 6.45) is 2.82. The Balaban J connectivity index is 1.97. The maximum absolute atomic E-state index is 11.7. The first-order chi connectivity index (χ1) is 8.21. The van der Waals surface area contributed by atoms with Gasteiger partial charge in [0.2, 0.25) is 5.91 Å². The lowest BCUT2D eigenvalue weighted by atomic mass is 10.0. The van der Waals surface area contributed by atoms with Crippen molar-refractivity contribution in [3.8, 4) is 6.07 Å². The van der Waals surface area contributed by atoms with Crippen molar-refractivity contribution in [2.45, 2.75) is 25.3 Å². The number of morpholine rings is 1. The average Bonchev–Trinajstić information content (AvgIpc) is 3.09. The summed E-state index contributed by atoms with van der Waals surface area (Å²) in [5, 5.41) is 11.5. The van der Waals surface area contributed by atoms with Crippen LogP contribution >= 0.6 is 0 Å². The molecule has 0 aromatic heterocycles. The van der Waals surface area contributed by atoms with E-state index in [2.05, 4.69) is 16.3 Å². The summed E-state index contributed by atoms with van der Waals surface area (Å²) in [7, 11) is 1.65. The molecule has 2 fully saturated rings. The standard InChI is InChI=1S/C12H19N3O2/c1-14-11(16)10-8-17-7-6-15(10)9-12(2-3-12)4-5-13/h10H,2-4,6-9H2,1H3,(H,14,16). The molecule has 5 heteroatoms. The molecule has 1 atom stereocenters. The van der Waals surface area contributed by atoms with Crippen LogP contribution < -0.4 is 5.32 Å². The molecular weight excluding hydrogens is 218 g/mol. The Morgan fingerprint density at radius 3 is 3.00 bits per heavy atom. The lowest BCUT2D eigenvalue weighted by molar-refractivity contribution is -0.132. The highest BCUT2D eigenvalue weighted by atomic mass is 16.5. The van der Waals surface area contributed by atoms with Gasteiger partial charge in [0.1, 0.15) is 6.04 Å². The number of likely N-dealkylation sites (N-methyl/N-ethyl adjacent to an activating group) is 1. The molecule has 0 aromatic carbocycles. The third-order valence-electron chi connectivity index (χ3n) is 3.74. The Kier molecular flexibility index (Phi) is 3.65. The Hall–Kier alpha value is -1.12. The topological polar surface area (TPSA) is 65.4 Å². The molecule has 1 aliphatic carbocycles. The second-order valence-electron chi connectivity index (χ2n) is 5.01. The quantitative estimate of drug-likeness (QED) is 0.754. The normalized spacial score (nSPS) is 27.2. The number of carbonyl (C=O) groups excluding carboxylic acids is 1. The molecule has 1 unspecified atom stereocenters. The molecule has 1 heterocycles. The molecule has 1 amide bonds. The van der Waals surface area contributed by atoms with Crippen LogP contribution in [0.1, 0.15) is 19.3 Å². The van der Waals surface area contributed by atoms with Crippen molar-refractivity contribution >= 4 is 5.91 Å². The Bertz CT molecular complexity index is 333. The highest BCUT2D eigenvalue weighted by Gasteiger charge is 2.45. The van der Waals surface area contributed by atoms with Crippen molar-refractivity contribution in [1.82, 2.24) is 10.2 Å². The Morgan fingerprint density at radius 1 is 1.65 bits per heavy atom. The van der Waals surface area contributed by atoms with E-state index < -0.39 is 0 Å². The minimum absolute atomic E-state index is 0.0115. The van der Waals surface area contributed by atoms with Gasteiger partial charge in [-0.15, -0.1) is 0 Å². The minimum Gasteiger partial charge on any atom is -0.378 e. The van der Waals surface area contributed by atoms with E-state index in [1.54, 1.807) is 7.05 Å². The van der Waals surface area contributed by atoms with Crippen LogP contribution in [0.25, 0.3) is 0 Å². The van der Waals surface area contributed by atoms with Gasteiger partial charge in [-0.1, -0.05) is 0 Å². The van der Waals surface area contributed by atoms with Gasteiger partial charge in [-0.3, -0.25) is 9.69 Å². The van der Waals surface area contributed by atoms with Crippen LogP contribution in [-0.4, -0.2) is 50.2 Å². The van der Waals surface area contributed by atoms with E-state index in [1.807, 2.05) is 0 Å². The Morgan fingerprint density at radius 2 is 2.41 bits per heavy atom. The number of nitrogens with one attached hydrogen (secondary N) is 1. The molecule has 0 radical (unpaired) electrons. The lowest BCUT2D eigenvalue weighted by Crippen LogP contribution is -2.54. The van der Waals surface area contributed by atoms with Gasteiger partial charge in [0.15, 0.2) is 0 Å². The van der Waals surface area contributed by atoms with Crippen molar-refractivity contribution in [3.63, 3.8) is 0 Å². The predicted octanol–water partition coefficient (Wildman–Crippen LogP) is 0.127. The number of rotatable bonds is 4. The average molecular weight is 237 g/mol. The molecule has 1 saturated heterocycles. The first-order valence-electron chi connectivity index (χ1n) is 6.11. The van der Waals surface area contributed by atoms with Crippen LogP contribution in [0, 0.1) is 16.7 Å². The van der Waals surface area contributed by atoms with Gasteiger partial charge in [-0.25, -0.2) is 0 Å². The zero-order chi connectivity index (χ0) is 12.3. The summed E-state index contributed by atoms with van der Waals surface area (Å²) in [5.41, 5.74) is 0.151. The van der Waals surface area contributed by atoms with E-state index in [4.69, 9.17) is 10.00 Å². The van der Waals surface area contributed by atoms with Gasteiger partial charge >= 0.3 is 0 Å². The number of carbonyl (C=O) groups is 1. The van der Waals surface area contributed by atoms with Crippen LogP contribution in [0.2, 0.25) is 0 Å². The summed E-state index contributed by atoms with van der Waals surface area (Å²) >= 11 is 0. The number of nitriles is 1. The number of ether oxygens (including phenoxy) is 1. The molecule has 2 aliphatic rings. The second-order valence-corrected chi connectivity index (χ2v) is 5.01. The largest absolute Gasteiger partial charge is 0.378 e. The van der Waals surface area contributed by atoms with Gasteiger partial charge < -0.3 is 10.1 Å². The first-order valence-corrected chi connectivity index (χ1v) is 6.11. The SMILES string of the molecule is CNC(=O)C1COCCN1CC1(CC#N)CC1. The van der Waals surface area contributed by atoms with Gasteiger partial charge in [0.25, 0.3) is 0 Å². The summed E-state index contributed by atoms with van der Waals surface area (Å²) in [4.78, 5) is 13.9. The third kappa shape index (κ3) is 2.76. The fraction of sp³-hybridized carbons (Fsp3) is 0.833. The molecule has 2 rings (SSSR count). The first kappa shape index (κ1) is 12.3. The second kappa shape index (κ2) is 5.03. The van der Waals surface area contributed by atoms with Crippen molar-refractivity contribution in [1.29, 1.82) is 5.26 Å². The predicted molar refractivity (Wildman–Crippen MR) is 62.1 cm³/mol. The molecule has 0 spiro atoms. The summed E-state index contributed by atoms with van der Waals surface area (Å²) in [6, 6.07) is 2.07. The number of hydrogen-bond donors (Lipinski definition) is 1. The summed E-state index contributed by atoms with van der Waals surface area (Å²) in [6.45, 7) is 2.77. The van der Waals surface area contributed by atoms with Crippen LogP contribution in [0.3, 0.4) is 0 Å². The van der Waals surface area contributed by atoms with E-state index >= 15 is 0 Å². The lowest BCUT2D eigenvalue weighted by Gasteiger charge is -2.36. The highest BCUT2D eigenvalue weighted by Crippen LogP contribution is 2.49. The number of nitrogens with zero attached hydrogens (tertiary/aromatic N) is 2. The van der Waals surface area contributed by atoms with Gasteiger partial charge in [-0.05, 0) is 18.3 Å². The molecule has 1 N–H and O–H groups in total. The van der Waals surface area contributed by atoms with E-state index in [9.17, 15) is 4.79 Å². The van der Waals surface area contributed by atoms with Crippen molar-refractivity contribution in [2.24, 2.45) is 5.41 Å². The van der Waals surface area contributed by atoms with Crippen LogP contribution in [0.4, 0.5) is 0 Å². The Labute approximate surface area is 102 Å². The molecule has 1 saturated carbocycles. The third-order valence-corrected chi connectivity index (χ3v) is 3.74. The van der Waals surface area contributed by atoms with Gasteiger partial charge in [-0.2, -0.15) is 5.26 Å². The fourth-order valence-corrected chi connectivity index (χ4v) is 2.40. The minimum atomic E-state index is -0.190. The molecular formula is C12H19N3O2. The van der Waals surface area contributed by atoms with Crippen molar-refractivity contribution in [3.05, 3.63) is 0 Å². The van der Waals surface area contributed by atoms with Crippen LogP contribution in [0.15, 0.2) is 0 Å². The zero-order valence-electron chi connectivity index (χ0n) is 10.2. The molecule has 5 nitrogen and oxygen atoms in total. The molecule has 0 bridgehead atoms. The van der Waals surface area contributed by atoms with Crippen molar-refractivity contribution < 1.29 is 9.53 Å². The smallest absolute Gasteiger partial charge is 0.239 e. The maximum Gasteiger partial charge on any atom is 0.239 e. The fourth-order valence-electron chi connectivity index (χ4n) is 2.40. The molecule has 0 aromatic rings. The van der Waals surface area contributed by atoms with Crippen LogP contribution in [-0.2, 0) is 9.53 Å². The summed E-state index contributed by atoms with van der Waals surface area (Å²) < 4.78 is 5.36. The maximum atomic E-state index is 11.7. The number of hydrogen-bond acceptors (Lipinski definition) is 4. The van der Waals surface area contributed by atoms with Crippen LogP contribution in [0.5, 0.6) is 0 Å². The molecule has 1 aliphatic heterocycles. The zero-order valence-corrected chi connectivity index (χ0v) is 10.2. The van der Waals surface area contributed by atoms with Crippen molar-refractivity contribution in [2.75, 3.05) is 33.4 Å². The highest BCUT2D eigenvalue weighted by molar-refractivity contribution is 5.81. The molecule has 17 heavy (non-hydrogen) atoms. The van der Waals surface area contributed by atoms with Gasteiger partial charge in [0.05, 0.1) is 19.3 Å². The van der Waals surface area contributed by atoms with E-state index in [-0.39, 0.29) is 17.4 Å². The van der Waals surface area contributed by atoms with E-state index in [0.717, 1.165) is 25.9 Å². The molecule has 94 valence electrons. The summed E-state index contributed by atoms with van der Waals surface area (Å²) in [5.74, 6) is 0.0115. The van der Waals surface area contributed by atoms with E-state index in [0.29, 0.717) is 19.6 Å². The number of amides is 1. The monoisotopic (exact) mass is 237 g/mol. The van der Waals surface area contributed by atoms with E-state index in [1.165, 1.54) is 0 Å².